The normalized spacial score (nSPS) is 24.3. The number of nitrogens with one attached hydrogen (secondary N) is 1. The zero-order valence-electron chi connectivity index (χ0n) is 17.9. The van der Waals surface area contributed by atoms with Crippen molar-refractivity contribution in [2.75, 3.05) is 71.0 Å². The number of hydrogen-bond acceptors (Lipinski definition) is 4. The number of amides is 1. The van der Waals surface area contributed by atoms with Crippen molar-refractivity contribution >= 4 is 41.5 Å². The third-order valence-electron chi connectivity index (χ3n) is 6.51. The average molecular weight is 527 g/mol. The molecule has 3 heterocycles. The molecule has 3 fully saturated rings. The molecule has 1 aromatic rings. The lowest BCUT2D eigenvalue weighted by molar-refractivity contribution is -0.131. The maximum atomic E-state index is 12.6. The Morgan fingerprint density at radius 2 is 1.87 bits per heavy atom. The minimum atomic E-state index is 0. The van der Waals surface area contributed by atoms with Gasteiger partial charge in [0, 0.05) is 77.0 Å². The van der Waals surface area contributed by atoms with Crippen LogP contribution in [0, 0.1) is 5.41 Å². The van der Waals surface area contributed by atoms with E-state index < -0.39 is 0 Å². The molecule has 8 heteroatoms. The molecule has 7 nitrogen and oxygen atoms in total. The molecule has 0 aliphatic carbocycles. The standard InChI is InChI=1S/C22H33N5O2.HI/c1-23-21(27-11-8-22(17-27)9-16-29-18-22)24-10-7-20(28)26-14-12-25(13-15-26)19-5-3-2-4-6-19;/h2-6H,7-18H2,1H3,(H,23,24);1H. The number of carbonyl (C=O) groups is 1. The molecule has 1 unspecified atom stereocenters. The van der Waals surface area contributed by atoms with Gasteiger partial charge in [0.25, 0.3) is 0 Å². The van der Waals surface area contributed by atoms with Crippen molar-refractivity contribution in [3.8, 4) is 0 Å². The van der Waals surface area contributed by atoms with Gasteiger partial charge in [-0.3, -0.25) is 9.79 Å². The van der Waals surface area contributed by atoms with Crippen LogP contribution in [-0.4, -0.2) is 87.7 Å². The number of aliphatic imine (C=N–C) groups is 1. The van der Waals surface area contributed by atoms with Gasteiger partial charge in [-0.05, 0) is 25.0 Å². The highest BCUT2D eigenvalue weighted by atomic mass is 127. The van der Waals surface area contributed by atoms with Gasteiger partial charge in [0.05, 0.1) is 6.61 Å². The molecular formula is C22H34IN5O2. The fourth-order valence-corrected chi connectivity index (χ4v) is 4.71. The maximum absolute atomic E-state index is 12.6. The first kappa shape index (κ1) is 23.1. The second-order valence-electron chi connectivity index (χ2n) is 8.40. The number of carbonyl (C=O) groups excluding carboxylic acids is 1. The Morgan fingerprint density at radius 1 is 1.10 bits per heavy atom. The van der Waals surface area contributed by atoms with Gasteiger partial charge in [-0.2, -0.15) is 0 Å². The van der Waals surface area contributed by atoms with Crippen molar-refractivity contribution < 1.29 is 9.53 Å². The number of likely N-dealkylation sites (tertiary alicyclic amines) is 1. The molecule has 30 heavy (non-hydrogen) atoms. The molecule has 1 N–H and O–H groups in total. The number of guanidine groups is 1. The molecule has 1 atom stereocenters. The Labute approximate surface area is 196 Å². The molecule has 0 bridgehead atoms. The molecule has 1 spiro atoms. The van der Waals surface area contributed by atoms with E-state index in [1.165, 1.54) is 12.1 Å². The van der Waals surface area contributed by atoms with Crippen molar-refractivity contribution in [3.05, 3.63) is 30.3 Å². The monoisotopic (exact) mass is 527 g/mol. The van der Waals surface area contributed by atoms with Crippen molar-refractivity contribution in [1.82, 2.24) is 15.1 Å². The van der Waals surface area contributed by atoms with Crippen LogP contribution in [0.2, 0.25) is 0 Å². The van der Waals surface area contributed by atoms with Crippen LogP contribution in [0.1, 0.15) is 19.3 Å². The first-order valence-electron chi connectivity index (χ1n) is 10.8. The van der Waals surface area contributed by atoms with Gasteiger partial charge >= 0.3 is 0 Å². The highest BCUT2D eigenvalue weighted by Crippen LogP contribution is 2.38. The quantitative estimate of drug-likeness (QED) is 0.369. The Kier molecular flexibility index (Phi) is 8.21. The second-order valence-corrected chi connectivity index (χ2v) is 8.40. The van der Waals surface area contributed by atoms with Gasteiger partial charge in [0.15, 0.2) is 5.96 Å². The highest BCUT2D eigenvalue weighted by molar-refractivity contribution is 14.0. The van der Waals surface area contributed by atoms with E-state index >= 15 is 0 Å². The second kappa shape index (κ2) is 10.7. The van der Waals surface area contributed by atoms with Crippen molar-refractivity contribution in [3.63, 3.8) is 0 Å². The number of rotatable bonds is 4. The smallest absolute Gasteiger partial charge is 0.224 e. The van der Waals surface area contributed by atoms with E-state index in [0.717, 1.165) is 64.9 Å². The molecule has 4 rings (SSSR count). The molecule has 0 radical (unpaired) electrons. The topological polar surface area (TPSA) is 60.4 Å². The van der Waals surface area contributed by atoms with Crippen LogP contribution in [0.25, 0.3) is 0 Å². The number of anilines is 1. The van der Waals surface area contributed by atoms with E-state index in [4.69, 9.17) is 4.74 Å². The Bertz CT molecular complexity index is 715. The molecule has 0 saturated carbocycles. The first-order valence-corrected chi connectivity index (χ1v) is 10.8. The largest absolute Gasteiger partial charge is 0.381 e. The third kappa shape index (κ3) is 5.38. The van der Waals surface area contributed by atoms with Crippen molar-refractivity contribution in [2.24, 2.45) is 10.4 Å². The fourth-order valence-electron chi connectivity index (χ4n) is 4.71. The molecule has 3 aliphatic rings. The summed E-state index contributed by atoms with van der Waals surface area (Å²) in [5, 5.41) is 3.40. The number of hydrogen-bond donors (Lipinski definition) is 1. The van der Waals surface area contributed by atoms with E-state index in [1.807, 2.05) is 18.0 Å². The van der Waals surface area contributed by atoms with Gasteiger partial charge in [-0.25, -0.2) is 0 Å². The molecule has 3 saturated heterocycles. The predicted octanol–water partition coefficient (Wildman–Crippen LogP) is 2.03. The zero-order valence-corrected chi connectivity index (χ0v) is 20.2. The Morgan fingerprint density at radius 3 is 2.53 bits per heavy atom. The van der Waals surface area contributed by atoms with Gasteiger partial charge in [0.2, 0.25) is 5.91 Å². The number of piperazine rings is 1. The first-order chi connectivity index (χ1) is 14.2. The SMILES string of the molecule is CN=C(NCCC(=O)N1CCN(c2ccccc2)CC1)N1CCC2(CCOC2)C1.I. The molecule has 1 amide bonds. The number of benzene rings is 1. The lowest BCUT2D eigenvalue weighted by atomic mass is 9.87. The lowest BCUT2D eigenvalue weighted by Gasteiger charge is -2.36. The molecule has 166 valence electrons. The summed E-state index contributed by atoms with van der Waals surface area (Å²) in [6.45, 7) is 7.75. The van der Waals surface area contributed by atoms with Crippen LogP contribution < -0.4 is 10.2 Å². The zero-order chi connectivity index (χ0) is 20.1. The minimum absolute atomic E-state index is 0. The van der Waals surface area contributed by atoms with E-state index in [1.54, 1.807) is 0 Å². The van der Waals surface area contributed by atoms with E-state index in [0.29, 0.717) is 18.4 Å². The summed E-state index contributed by atoms with van der Waals surface area (Å²) in [6, 6.07) is 10.4. The maximum Gasteiger partial charge on any atom is 0.224 e. The minimum Gasteiger partial charge on any atom is -0.381 e. The van der Waals surface area contributed by atoms with Crippen molar-refractivity contribution in [2.45, 2.75) is 19.3 Å². The fraction of sp³-hybridized carbons (Fsp3) is 0.636. The summed E-state index contributed by atoms with van der Waals surface area (Å²) in [5.74, 6) is 1.14. The van der Waals surface area contributed by atoms with Gasteiger partial charge in [0.1, 0.15) is 0 Å². The van der Waals surface area contributed by atoms with Crippen LogP contribution in [0.3, 0.4) is 0 Å². The van der Waals surface area contributed by atoms with E-state index in [2.05, 4.69) is 44.4 Å². The average Bonchev–Trinajstić information content (AvgIpc) is 3.41. The van der Waals surface area contributed by atoms with Crippen LogP contribution in [-0.2, 0) is 9.53 Å². The van der Waals surface area contributed by atoms with Crippen LogP contribution in [0.5, 0.6) is 0 Å². The number of halogens is 1. The Balaban J connectivity index is 0.00000256. The summed E-state index contributed by atoms with van der Waals surface area (Å²) in [5.41, 5.74) is 1.55. The summed E-state index contributed by atoms with van der Waals surface area (Å²) in [4.78, 5) is 23.7. The third-order valence-corrected chi connectivity index (χ3v) is 6.51. The molecule has 0 aromatic heterocycles. The van der Waals surface area contributed by atoms with Crippen molar-refractivity contribution in [1.29, 1.82) is 0 Å². The van der Waals surface area contributed by atoms with Crippen LogP contribution >= 0.6 is 24.0 Å². The van der Waals surface area contributed by atoms with Gasteiger partial charge in [-0.1, -0.05) is 18.2 Å². The summed E-state index contributed by atoms with van der Waals surface area (Å²) >= 11 is 0. The molecule has 3 aliphatic heterocycles. The molecule has 1 aromatic carbocycles. The highest BCUT2D eigenvalue weighted by Gasteiger charge is 2.42. The van der Waals surface area contributed by atoms with E-state index in [-0.39, 0.29) is 29.9 Å². The number of para-hydroxylation sites is 1. The van der Waals surface area contributed by atoms with E-state index in [9.17, 15) is 4.79 Å². The Hall–Kier alpha value is -1.55. The lowest BCUT2D eigenvalue weighted by Crippen LogP contribution is -2.49. The number of nitrogens with zero attached hydrogens (tertiary/aromatic N) is 4. The predicted molar refractivity (Wildman–Crippen MR) is 131 cm³/mol. The van der Waals surface area contributed by atoms with Crippen LogP contribution in [0.15, 0.2) is 35.3 Å². The summed E-state index contributed by atoms with van der Waals surface area (Å²) in [6.07, 6.45) is 2.82. The van der Waals surface area contributed by atoms with Gasteiger partial charge in [-0.15, -0.1) is 24.0 Å². The van der Waals surface area contributed by atoms with Crippen LogP contribution in [0.4, 0.5) is 5.69 Å². The summed E-state index contributed by atoms with van der Waals surface area (Å²) in [7, 11) is 1.82. The molecular weight excluding hydrogens is 493 g/mol. The van der Waals surface area contributed by atoms with Gasteiger partial charge < -0.3 is 24.8 Å². The number of ether oxygens (including phenoxy) is 1. The summed E-state index contributed by atoms with van der Waals surface area (Å²) < 4.78 is 5.62.